The van der Waals surface area contributed by atoms with Crippen LogP contribution in [0.2, 0.25) is 0 Å². The lowest BCUT2D eigenvalue weighted by Gasteiger charge is -2.29. The van der Waals surface area contributed by atoms with Crippen LogP contribution in [0.15, 0.2) is 18.2 Å². The van der Waals surface area contributed by atoms with Crippen LogP contribution in [0.5, 0.6) is 0 Å². The van der Waals surface area contributed by atoms with Crippen molar-refractivity contribution < 1.29 is 9.18 Å². The second kappa shape index (κ2) is 7.21. The van der Waals surface area contributed by atoms with Crippen LogP contribution in [0.3, 0.4) is 0 Å². The van der Waals surface area contributed by atoms with Crippen LogP contribution in [0, 0.1) is 17.7 Å². The number of hydrogen-bond acceptors (Lipinski definition) is 3. The zero-order valence-electron chi connectivity index (χ0n) is 12.2. The first-order valence-corrected chi connectivity index (χ1v) is 7.08. The largest absolute Gasteiger partial charge is 0.349 e. The van der Waals surface area contributed by atoms with E-state index in [9.17, 15) is 9.18 Å². The minimum absolute atomic E-state index is 0.0622. The number of carbonyl (C=O) groups excluding carboxylic acids is 1. The molecular formula is C16H20FN3O. The van der Waals surface area contributed by atoms with Crippen molar-refractivity contribution in [3.63, 3.8) is 0 Å². The molecule has 0 aromatic heterocycles. The zero-order valence-corrected chi connectivity index (χ0v) is 12.2. The molecule has 0 unspecified atom stereocenters. The first kappa shape index (κ1) is 15.5. The number of benzene rings is 1. The lowest BCUT2D eigenvalue weighted by Crippen LogP contribution is -2.43. The fraction of sp³-hybridized carbons (Fsp3) is 0.438. The van der Waals surface area contributed by atoms with Gasteiger partial charge in [-0.15, -0.1) is 0 Å². The summed E-state index contributed by atoms with van der Waals surface area (Å²) in [6.45, 7) is 2.11. The number of rotatable bonds is 2. The summed E-state index contributed by atoms with van der Waals surface area (Å²) in [5, 5.41) is 2.90. The van der Waals surface area contributed by atoms with Crippen LogP contribution in [-0.2, 0) is 0 Å². The van der Waals surface area contributed by atoms with E-state index >= 15 is 0 Å². The average Bonchev–Trinajstić information content (AvgIpc) is 2.47. The zero-order chi connectivity index (χ0) is 15.2. The molecule has 1 amide bonds. The van der Waals surface area contributed by atoms with Gasteiger partial charge in [0.05, 0.1) is 12.1 Å². The number of amides is 1. The molecule has 5 heteroatoms. The summed E-state index contributed by atoms with van der Waals surface area (Å²) in [6.07, 6.45) is 1.79. The van der Waals surface area contributed by atoms with Crippen LogP contribution >= 0.6 is 0 Å². The number of likely N-dealkylation sites (tertiary alicyclic amines) is 1. The molecule has 0 bridgehead atoms. The lowest BCUT2D eigenvalue weighted by atomic mass is 10.0. The molecule has 0 spiro atoms. The molecule has 1 aliphatic heterocycles. The Morgan fingerprint density at radius 2 is 2.19 bits per heavy atom. The van der Waals surface area contributed by atoms with E-state index in [0.717, 1.165) is 25.9 Å². The third-order valence-corrected chi connectivity index (χ3v) is 3.60. The molecule has 1 aromatic carbocycles. The summed E-state index contributed by atoms with van der Waals surface area (Å²) in [6, 6.07) is 4.49. The lowest BCUT2D eigenvalue weighted by molar-refractivity contribution is 0.0913. The number of nitrogens with two attached hydrogens (primary N) is 1. The van der Waals surface area contributed by atoms with Crippen molar-refractivity contribution >= 4 is 5.91 Å². The van der Waals surface area contributed by atoms with Gasteiger partial charge in [-0.05, 0) is 51.2 Å². The molecule has 1 aliphatic rings. The van der Waals surface area contributed by atoms with E-state index in [1.165, 1.54) is 12.1 Å². The number of nitrogens with zero attached hydrogens (tertiary/aromatic N) is 1. The molecule has 0 atom stereocenters. The topological polar surface area (TPSA) is 58.4 Å². The van der Waals surface area contributed by atoms with E-state index in [-0.39, 0.29) is 24.1 Å². The highest BCUT2D eigenvalue weighted by atomic mass is 19.1. The summed E-state index contributed by atoms with van der Waals surface area (Å²) < 4.78 is 14.0. The van der Waals surface area contributed by atoms with Crippen LogP contribution in [0.4, 0.5) is 4.39 Å². The van der Waals surface area contributed by atoms with Gasteiger partial charge < -0.3 is 16.0 Å². The molecule has 0 radical (unpaired) electrons. The molecule has 1 heterocycles. The molecule has 112 valence electrons. The Morgan fingerprint density at radius 3 is 2.81 bits per heavy atom. The third kappa shape index (κ3) is 4.28. The summed E-state index contributed by atoms with van der Waals surface area (Å²) in [5.74, 6) is 4.49. The van der Waals surface area contributed by atoms with Gasteiger partial charge in [-0.1, -0.05) is 11.8 Å². The number of halogens is 1. The van der Waals surface area contributed by atoms with E-state index < -0.39 is 5.82 Å². The molecule has 3 N–H and O–H groups in total. The Bertz CT molecular complexity index is 569. The number of carbonyl (C=O) groups is 1. The predicted octanol–water partition coefficient (Wildman–Crippen LogP) is 0.960. The van der Waals surface area contributed by atoms with Crippen molar-refractivity contribution in [2.75, 3.05) is 26.7 Å². The van der Waals surface area contributed by atoms with Gasteiger partial charge in [0.2, 0.25) is 0 Å². The van der Waals surface area contributed by atoms with Crippen molar-refractivity contribution in [1.82, 2.24) is 10.2 Å². The highest BCUT2D eigenvalue weighted by Gasteiger charge is 2.20. The summed E-state index contributed by atoms with van der Waals surface area (Å²) in [7, 11) is 2.05. The van der Waals surface area contributed by atoms with Crippen LogP contribution in [-0.4, -0.2) is 43.5 Å². The highest BCUT2D eigenvalue weighted by Crippen LogP contribution is 2.13. The molecule has 0 saturated carbocycles. The van der Waals surface area contributed by atoms with Gasteiger partial charge in [0.1, 0.15) is 5.82 Å². The van der Waals surface area contributed by atoms with E-state index in [1.54, 1.807) is 6.07 Å². The van der Waals surface area contributed by atoms with Gasteiger partial charge in [-0.2, -0.15) is 0 Å². The van der Waals surface area contributed by atoms with Gasteiger partial charge in [0.25, 0.3) is 5.91 Å². The monoisotopic (exact) mass is 289 g/mol. The Morgan fingerprint density at radius 1 is 1.48 bits per heavy atom. The third-order valence-electron chi connectivity index (χ3n) is 3.60. The van der Waals surface area contributed by atoms with E-state index in [0.29, 0.717) is 5.56 Å². The second-order valence-corrected chi connectivity index (χ2v) is 5.25. The standard InChI is InChI=1S/C16H20FN3O/c1-20-9-6-13(7-10-20)19-16(21)14-5-4-12(3-2-8-18)11-15(14)17/h4-5,11,13H,6-10,18H2,1H3,(H,19,21). The van der Waals surface area contributed by atoms with Gasteiger partial charge in [0, 0.05) is 11.6 Å². The van der Waals surface area contributed by atoms with Gasteiger partial charge >= 0.3 is 0 Å². The van der Waals surface area contributed by atoms with Crippen LogP contribution in [0.25, 0.3) is 0 Å². The van der Waals surface area contributed by atoms with Gasteiger partial charge in [-0.3, -0.25) is 4.79 Å². The molecule has 1 saturated heterocycles. The van der Waals surface area contributed by atoms with Crippen molar-refractivity contribution in [2.24, 2.45) is 5.73 Å². The Balaban J connectivity index is 2.02. The Hall–Kier alpha value is -1.90. The fourth-order valence-corrected chi connectivity index (χ4v) is 2.35. The molecule has 1 fully saturated rings. The van der Waals surface area contributed by atoms with E-state index in [1.807, 2.05) is 0 Å². The number of piperidine rings is 1. The Kier molecular flexibility index (Phi) is 5.32. The SMILES string of the molecule is CN1CCC(NC(=O)c2ccc(C#CCN)cc2F)CC1. The maximum Gasteiger partial charge on any atom is 0.254 e. The minimum Gasteiger partial charge on any atom is -0.349 e. The molecule has 21 heavy (non-hydrogen) atoms. The van der Waals surface area contributed by atoms with Gasteiger partial charge in [-0.25, -0.2) is 4.39 Å². The normalized spacial score (nSPS) is 16.1. The Labute approximate surface area is 124 Å². The number of nitrogens with one attached hydrogen (secondary N) is 1. The average molecular weight is 289 g/mol. The predicted molar refractivity (Wildman–Crippen MR) is 80.3 cm³/mol. The minimum atomic E-state index is -0.552. The van der Waals surface area contributed by atoms with Gasteiger partial charge in [0.15, 0.2) is 0 Å². The van der Waals surface area contributed by atoms with Crippen molar-refractivity contribution in [3.8, 4) is 11.8 Å². The smallest absolute Gasteiger partial charge is 0.254 e. The summed E-state index contributed by atoms with van der Waals surface area (Å²) in [5.41, 5.74) is 5.86. The van der Waals surface area contributed by atoms with Crippen molar-refractivity contribution in [1.29, 1.82) is 0 Å². The first-order valence-electron chi connectivity index (χ1n) is 7.08. The number of hydrogen-bond donors (Lipinski definition) is 2. The fourth-order valence-electron chi connectivity index (χ4n) is 2.35. The van der Waals surface area contributed by atoms with E-state index in [2.05, 4.69) is 29.1 Å². The maximum atomic E-state index is 14.0. The molecule has 0 aliphatic carbocycles. The summed E-state index contributed by atoms with van der Waals surface area (Å²) >= 11 is 0. The molecule has 1 aromatic rings. The molecule has 2 rings (SSSR count). The quantitative estimate of drug-likeness (QED) is 0.797. The maximum absolute atomic E-state index is 14.0. The van der Waals surface area contributed by atoms with Crippen molar-refractivity contribution in [3.05, 3.63) is 35.1 Å². The second-order valence-electron chi connectivity index (χ2n) is 5.25. The molecular weight excluding hydrogens is 269 g/mol. The van der Waals surface area contributed by atoms with Crippen LogP contribution in [0.1, 0.15) is 28.8 Å². The van der Waals surface area contributed by atoms with Crippen LogP contribution < -0.4 is 11.1 Å². The van der Waals surface area contributed by atoms with Crippen molar-refractivity contribution in [2.45, 2.75) is 18.9 Å². The summed E-state index contributed by atoms with van der Waals surface area (Å²) in [4.78, 5) is 14.3. The first-order chi connectivity index (χ1) is 10.1. The highest BCUT2D eigenvalue weighted by molar-refractivity contribution is 5.94. The molecule has 4 nitrogen and oxygen atoms in total. The van der Waals surface area contributed by atoms with E-state index in [4.69, 9.17) is 5.73 Å².